The summed E-state index contributed by atoms with van der Waals surface area (Å²) in [7, 11) is 4.68. The molecule has 0 aliphatic carbocycles. The SMILES string of the molecule is COc1ccc(N2C[C@@]34C=C[C@@H](O3)C(C(=O)Nc3ccc(OC)c(OC)c3)[C@H]4C2=O)cc1. The lowest BCUT2D eigenvalue weighted by Crippen LogP contribution is -2.41. The van der Waals surface area contributed by atoms with Crippen molar-refractivity contribution in [3.05, 3.63) is 54.6 Å². The van der Waals surface area contributed by atoms with Crippen LogP contribution in [0.1, 0.15) is 0 Å². The number of methoxy groups -OCH3 is 3. The van der Waals surface area contributed by atoms with Crippen molar-refractivity contribution in [3.63, 3.8) is 0 Å². The number of amides is 2. The van der Waals surface area contributed by atoms with Crippen LogP contribution in [0.4, 0.5) is 11.4 Å². The molecule has 8 nitrogen and oxygen atoms in total. The van der Waals surface area contributed by atoms with Gasteiger partial charge < -0.3 is 29.2 Å². The Morgan fingerprint density at radius 3 is 2.50 bits per heavy atom. The Balaban J connectivity index is 1.39. The first kappa shape index (κ1) is 20.4. The predicted molar refractivity (Wildman–Crippen MR) is 117 cm³/mol. The van der Waals surface area contributed by atoms with E-state index in [1.807, 2.05) is 36.4 Å². The number of fused-ring (bicyclic) bond motifs is 1. The lowest BCUT2D eigenvalue weighted by Gasteiger charge is -2.23. The molecular formula is C24H24N2O6. The number of anilines is 2. The van der Waals surface area contributed by atoms with Crippen LogP contribution in [0.5, 0.6) is 17.2 Å². The molecule has 1 N–H and O–H groups in total. The van der Waals surface area contributed by atoms with Crippen molar-refractivity contribution < 1.29 is 28.5 Å². The van der Waals surface area contributed by atoms with Crippen LogP contribution in [-0.2, 0) is 14.3 Å². The molecular weight excluding hydrogens is 412 g/mol. The number of hydrogen-bond acceptors (Lipinski definition) is 6. The summed E-state index contributed by atoms with van der Waals surface area (Å²) in [5.74, 6) is 0.203. The highest BCUT2D eigenvalue weighted by Gasteiger charge is 2.67. The summed E-state index contributed by atoms with van der Waals surface area (Å²) in [5.41, 5.74) is 0.520. The standard InChI is InChI=1S/C24H24N2O6/c1-29-16-7-5-15(6-8-16)26-13-24-11-10-18(32-24)20(21(24)23(26)28)22(27)25-14-4-9-17(30-2)19(12-14)31-3/h4-12,18,20-21H,13H2,1-3H3,(H,25,27)/t18-,20?,21+,24-/m1/s1. The Hall–Kier alpha value is -3.52. The number of ether oxygens (including phenoxy) is 4. The highest BCUT2D eigenvalue weighted by molar-refractivity contribution is 6.05. The zero-order valence-corrected chi connectivity index (χ0v) is 18.0. The summed E-state index contributed by atoms with van der Waals surface area (Å²) < 4.78 is 22.0. The molecule has 3 aliphatic heterocycles. The van der Waals surface area contributed by atoms with Crippen LogP contribution in [0.25, 0.3) is 0 Å². The first-order chi connectivity index (χ1) is 15.5. The van der Waals surface area contributed by atoms with Crippen molar-refractivity contribution in [3.8, 4) is 17.2 Å². The molecule has 0 radical (unpaired) electrons. The molecule has 0 saturated carbocycles. The van der Waals surface area contributed by atoms with Crippen molar-refractivity contribution in [2.75, 3.05) is 38.1 Å². The fourth-order valence-corrected chi connectivity index (χ4v) is 4.92. The fourth-order valence-electron chi connectivity index (χ4n) is 4.92. The lowest BCUT2D eigenvalue weighted by molar-refractivity contribution is -0.128. The van der Waals surface area contributed by atoms with Gasteiger partial charge in [0.2, 0.25) is 11.8 Å². The van der Waals surface area contributed by atoms with E-state index in [9.17, 15) is 9.59 Å². The lowest BCUT2D eigenvalue weighted by atomic mass is 9.77. The fraction of sp³-hybridized carbons (Fsp3) is 0.333. The number of carbonyl (C=O) groups excluding carboxylic acids is 2. The highest BCUT2D eigenvalue weighted by atomic mass is 16.5. The van der Waals surface area contributed by atoms with E-state index in [0.717, 1.165) is 5.69 Å². The average molecular weight is 436 g/mol. The number of nitrogens with zero attached hydrogens (tertiary/aromatic N) is 1. The molecule has 2 amide bonds. The first-order valence-corrected chi connectivity index (χ1v) is 10.3. The van der Waals surface area contributed by atoms with E-state index in [1.165, 1.54) is 7.11 Å². The molecule has 2 bridgehead atoms. The van der Waals surface area contributed by atoms with Crippen LogP contribution in [0, 0.1) is 11.8 Å². The van der Waals surface area contributed by atoms with Gasteiger partial charge in [-0.05, 0) is 36.4 Å². The first-order valence-electron chi connectivity index (χ1n) is 10.3. The topological polar surface area (TPSA) is 86.3 Å². The maximum absolute atomic E-state index is 13.4. The Bertz CT molecular complexity index is 1100. The molecule has 8 heteroatoms. The number of rotatable bonds is 6. The quantitative estimate of drug-likeness (QED) is 0.701. The third-order valence-electron chi connectivity index (χ3n) is 6.44. The summed E-state index contributed by atoms with van der Waals surface area (Å²) in [5, 5.41) is 2.92. The maximum atomic E-state index is 13.4. The van der Waals surface area contributed by atoms with Crippen LogP contribution in [0.2, 0.25) is 0 Å². The summed E-state index contributed by atoms with van der Waals surface area (Å²) in [6, 6.07) is 12.4. The van der Waals surface area contributed by atoms with Crippen LogP contribution < -0.4 is 24.4 Å². The van der Waals surface area contributed by atoms with Gasteiger partial charge in [-0.3, -0.25) is 9.59 Å². The monoisotopic (exact) mass is 436 g/mol. The number of hydrogen-bond donors (Lipinski definition) is 1. The van der Waals surface area contributed by atoms with Crippen molar-refractivity contribution >= 4 is 23.2 Å². The van der Waals surface area contributed by atoms with E-state index in [1.54, 1.807) is 37.3 Å². The molecule has 1 spiro atoms. The molecule has 3 aliphatic rings. The van der Waals surface area contributed by atoms with E-state index in [2.05, 4.69) is 5.32 Å². The number of benzene rings is 2. The van der Waals surface area contributed by atoms with Gasteiger partial charge in [-0.25, -0.2) is 0 Å². The third-order valence-corrected chi connectivity index (χ3v) is 6.44. The van der Waals surface area contributed by atoms with Crippen LogP contribution in [0.15, 0.2) is 54.6 Å². The minimum absolute atomic E-state index is 0.116. The van der Waals surface area contributed by atoms with Gasteiger partial charge in [0.15, 0.2) is 11.5 Å². The third kappa shape index (κ3) is 3.02. The van der Waals surface area contributed by atoms with Gasteiger partial charge in [-0.1, -0.05) is 12.2 Å². The van der Waals surface area contributed by atoms with E-state index >= 15 is 0 Å². The van der Waals surface area contributed by atoms with Crippen molar-refractivity contribution in [1.29, 1.82) is 0 Å². The van der Waals surface area contributed by atoms with Gasteiger partial charge in [0.05, 0.1) is 45.8 Å². The van der Waals surface area contributed by atoms with Gasteiger partial charge in [-0.2, -0.15) is 0 Å². The molecule has 2 aromatic rings. The van der Waals surface area contributed by atoms with E-state index in [4.69, 9.17) is 18.9 Å². The highest BCUT2D eigenvalue weighted by Crippen LogP contribution is 2.53. The maximum Gasteiger partial charge on any atom is 0.234 e. The van der Waals surface area contributed by atoms with Gasteiger partial charge >= 0.3 is 0 Å². The zero-order valence-electron chi connectivity index (χ0n) is 18.0. The number of nitrogens with one attached hydrogen (secondary N) is 1. The largest absolute Gasteiger partial charge is 0.497 e. The second kappa shape index (κ2) is 7.56. The summed E-state index contributed by atoms with van der Waals surface area (Å²) in [4.78, 5) is 28.4. The second-order valence-corrected chi connectivity index (χ2v) is 8.08. The summed E-state index contributed by atoms with van der Waals surface area (Å²) in [6.45, 7) is 0.371. The molecule has 3 heterocycles. The molecule has 2 fully saturated rings. The Morgan fingerprint density at radius 2 is 1.81 bits per heavy atom. The van der Waals surface area contributed by atoms with E-state index in [-0.39, 0.29) is 11.8 Å². The van der Waals surface area contributed by atoms with Crippen molar-refractivity contribution in [1.82, 2.24) is 0 Å². The smallest absolute Gasteiger partial charge is 0.234 e. The van der Waals surface area contributed by atoms with Crippen LogP contribution in [0.3, 0.4) is 0 Å². The molecule has 5 rings (SSSR count). The van der Waals surface area contributed by atoms with E-state index < -0.39 is 23.5 Å². The molecule has 1 unspecified atom stereocenters. The summed E-state index contributed by atoms with van der Waals surface area (Å²) in [6.07, 6.45) is 3.39. The van der Waals surface area contributed by atoms with Gasteiger partial charge in [-0.15, -0.1) is 0 Å². The Morgan fingerprint density at radius 1 is 1.06 bits per heavy atom. The van der Waals surface area contributed by atoms with Gasteiger partial charge in [0.25, 0.3) is 0 Å². The predicted octanol–water partition coefficient (Wildman–Crippen LogP) is 2.64. The molecule has 2 saturated heterocycles. The Labute approximate surface area is 185 Å². The average Bonchev–Trinajstić information content (AvgIpc) is 3.47. The van der Waals surface area contributed by atoms with Crippen LogP contribution in [-0.4, -0.2) is 51.4 Å². The second-order valence-electron chi connectivity index (χ2n) is 8.08. The molecule has 4 atom stereocenters. The number of carbonyl (C=O) groups is 2. The van der Waals surface area contributed by atoms with Crippen LogP contribution >= 0.6 is 0 Å². The van der Waals surface area contributed by atoms with Crippen molar-refractivity contribution in [2.24, 2.45) is 11.8 Å². The summed E-state index contributed by atoms with van der Waals surface area (Å²) >= 11 is 0. The van der Waals surface area contributed by atoms with Gasteiger partial charge in [0, 0.05) is 17.4 Å². The minimum Gasteiger partial charge on any atom is -0.497 e. The molecule has 0 aromatic heterocycles. The van der Waals surface area contributed by atoms with Crippen molar-refractivity contribution in [2.45, 2.75) is 11.7 Å². The normalized spacial score (nSPS) is 27.4. The van der Waals surface area contributed by atoms with E-state index in [0.29, 0.717) is 29.5 Å². The van der Waals surface area contributed by atoms with Gasteiger partial charge in [0.1, 0.15) is 11.4 Å². The molecule has 166 valence electrons. The minimum atomic E-state index is -0.790. The zero-order chi connectivity index (χ0) is 22.5. The molecule has 2 aromatic carbocycles. The Kier molecular flexibility index (Phi) is 4.82. The molecule has 32 heavy (non-hydrogen) atoms.